The summed E-state index contributed by atoms with van der Waals surface area (Å²) < 4.78 is 0. The standard InChI is InChI=1S/C7H9NOS/c1-5-2-3-8-7(9)6(5)4-10/h4H,2-3H2,1H3,(H,8,9). The van der Waals surface area contributed by atoms with Gasteiger partial charge in [-0.25, -0.2) is 0 Å². The summed E-state index contributed by atoms with van der Waals surface area (Å²) in [7, 11) is 0. The van der Waals surface area contributed by atoms with E-state index in [9.17, 15) is 4.79 Å². The lowest BCUT2D eigenvalue weighted by atomic mass is 10.0. The Balaban J connectivity index is 2.94. The van der Waals surface area contributed by atoms with Crippen LogP contribution in [-0.2, 0) is 4.79 Å². The van der Waals surface area contributed by atoms with Gasteiger partial charge >= 0.3 is 0 Å². The quantitative estimate of drug-likeness (QED) is 0.568. The molecule has 0 unspecified atom stereocenters. The SMILES string of the molecule is CC1=C(C=S)C(=O)NCC1. The van der Waals surface area contributed by atoms with Crippen molar-refractivity contribution in [3.8, 4) is 0 Å². The maximum absolute atomic E-state index is 11.0. The molecule has 1 amide bonds. The third kappa shape index (κ3) is 1.24. The monoisotopic (exact) mass is 155 g/mol. The predicted octanol–water partition coefficient (Wildman–Crippen LogP) is 0.823. The lowest BCUT2D eigenvalue weighted by molar-refractivity contribution is -0.117. The van der Waals surface area contributed by atoms with E-state index >= 15 is 0 Å². The Morgan fingerprint density at radius 3 is 2.80 bits per heavy atom. The molecule has 2 nitrogen and oxygen atoms in total. The Morgan fingerprint density at radius 2 is 2.40 bits per heavy atom. The van der Waals surface area contributed by atoms with Crippen LogP contribution >= 0.6 is 12.2 Å². The third-order valence-electron chi connectivity index (χ3n) is 1.61. The molecule has 0 spiro atoms. The van der Waals surface area contributed by atoms with E-state index in [-0.39, 0.29) is 5.91 Å². The number of hydrogen-bond donors (Lipinski definition) is 1. The fourth-order valence-electron chi connectivity index (χ4n) is 0.941. The minimum atomic E-state index is -0.0289. The van der Waals surface area contributed by atoms with Gasteiger partial charge in [0.25, 0.3) is 5.91 Å². The van der Waals surface area contributed by atoms with Crippen LogP contribution in [0.2, 0.25) is 0 Å². The molecular weight excluding hydrogens is 146 g/mol. The van der Waals surface area contributed by atoms with Gasteiger partial charge in [-0.3, -0.25) is 4.79 Å². The van der Waals surface area contributed by atoms with Gasteiger partial charge in [0.15, 0.2) is 0 Å². The Morgan fingerprint density at radius 1 is 1.70 bits per heavy atom. The van der Waals surface area contributed by atoms with Crippen molar-refractivity contribution >= 4 is 23.5 Å². The molecule has 0 aromatic carbocycles. The number of nitrogens with one attached hydrogen (secondary N) is 1. The van der Waals surface area contributed by atoms with Gasteiger partial charge in [0, 0.05) is 17.5 Å². The molecule has 54 valence electrons. The van der Waals surface area contributed by atoms with Crippen LogP contribution in [0.4, 0.5) is 0 Å². The summed E-state index contributed by atoms with van der Waals surface area (Å²) in [5.74, 6) is -0.0289. The van der Waals surface area contributed by atoms with Crippen LogP contribution < -0.4 is 5.32 Å². The van der Waals surface area contributed by atoms with Gasteiger partial charge in [0.2, 0.25) is 0 Å². The number of rotatable bonds is 1. The summed E-state index contributed by atoms with van der Waals surface area (Å²) in [6.07, 6.45) is 0.925. The molecule has 10 heavy (non-hydrogen) atoms. The number of carbonyl (C=O) groups is 1. The van der Waals surface area contributed by atoms with Gasteiger partial charge in [-0.2, -0.15) is 0 Å². The summed E-state index contributed by atoms with van der Waals surface area (Å²) in [6, 6.07) is 0. The van der Waals surface area contributed by atoms with E-state index in [1.54, 1.807) is 0 Å². The normalized spacial score (nSPS) is 18.7. The summed E-state index contributed by atoms with van der Waals surface area (Å²) >= 11 is 4.68. The van der Waals surface area contributed by atoms with E-state index in [0.717, 1.165) is 18.5 Å². The molecule has 3 heteroatoms. The summed E-state index contributed by atoms with van der Waals surface area (Å²) in [5.41, 5.74) is 1.76. The van der Waals surface area contributed by atoms with E-state index in [2.05, 4.69) is 17.5 Å². The molecule has 1 aliphatic heterocycles. The first kappa shape index (κ1) is 7.41. The lowest BCUT2D eigenvalue weighted by Crippen LogP contribution is -2.31. The molecule has 0 radical (unpaired) electrons. The minimum Gasteiger partial charge on any atom is -0.352 e. The smallest absolute Gasteiger partial charge is 0.252 e. The van der Waals surface area contributed by atoms with Crippen molar-refractivity contribution in [3.05, 3.63) is 11.1 Å². The molecule has 1 rings (SSSR count). The zero-order chi connectivity index (χ0) is 7.56. The topological polar surface area (TPSA) is 29.1 Å². The molecule has 0 atom stereocenters. The number of thiocarbonyl (C=S) groups is 1. The van der Waals surface area contributed by atoms with Gasteiger partial charge in [-0.15, -0.1) is 0 Å². The highest BCUT2D eigenvalue weighted by Gasteiger charge is 2.13. The maximum Gasteiger partial charge on any atom is 0.252 e. The molecule has 0 bridgehead atoms. The number of hydrogen-bond acceptors (Lipinski definition) is 2. The second-order valence-electron chi connectivity index (χ2n) is 2.32. The van der Waals surface area contributed by atoms with Crippen molar-refractivity contribution in [2.45, 2.75) is 13.3 Å². The first-order chi connectivity index (χ1) is 4.75. The molecule has 1 N–H and O–H groups in total. The highest BCUT2D eigenvalue weighted by atomic mass is 32.1. The van der Waals surface area contributed by atoms with E-state index in [1.807, 2.05) is 6.92 Å². The van der Waals surface area contributed by atoms with Crippen molar-refractivity contribution in [3.63, 3.8) is 0 Å². The van der Waals surface area contributed by atoms with Gasteiger partial charge in [0.05, 0.1) is 0 Å². The molecule has 1 heterocycles. The summed E-state index contributed by atoms with van der Waals surface area (Å²) in [6.45, 7) is 2.69. The molecule has 0 aromatic rings. The first-order valence-electron chi connectivity index (χ1n) is 3.19. The molecule has 0 aliphatic carbocycles. The maximum atomic E-state index is 11.0. The second-order valence-corrected chi connectivity index (χ2v) is 2.55. The molecule has 1 aliphatic rings. The Kier molecular flexibility index (Phi) is 2.17. The summed E-state index contributed by atoms with van der Waals surface area (Å²) in [4.78, 5) is 11.0. The van der Waals surface area contributed by atoms with Crippen molar-refractivity contribution in [1.29, 1.82) is 0 Å². The van der Waals surface area contributed by atoms with Crippen molar-refractivity contribution in [2.75, 3.05) is 6.54 Å². The van der Waals surface area contributed by atoms with Crippen LogP contribution in [0.5, 0.6) is 0 Å². The molecule has 0 aromatic heterocycles. The Bertz CT molecular complexity index is 208. The van der Waals surface area contributed by atoms with Crippen molar-refractivity contribution < 1.29 is 4.79 Å². The summed E-state index contributed by atoms with van der Waals surface area (Å²) in [5, 5.41) is 4.17. The average Bonchev–Trinajstić information content (AvgIpc) is 1.88. The average molecular weight is 155 g/mol. The fourth-order valence-corrected chi connectivity index (χ4v) is 1.25. The zero-order valence-corrected chi connectivity index (χ0v) is 6.62. The predicted molar refractivity (Wildman–Crippen MR) is 44.0 cm³/mol. The molecule has 0 fully saturated rings. The Labute approximate surface area is 65.3 Å². The van der Waals surface area contributed by atoms with Crippen LogP contribution in [0.1, 0.15) is 13.3 Å². The number of carbonyl (C=O) groups excluding carboxylic acids is 1. The van der Waals surface area contributed by atoms with Crippen LogP contribution in [0.3, 0.4) is 0 Å². The van der Waals surface area contributed by atoms with Crippen LogP contribution in [0, 0.1) is 0 Å². The van der Waals surface area contributed by atoms with Crippen LogP contribution in [0.25, 0.3) is 0 Å². The Hall–Kier alpha value is -0.700. The second kappa shape index (κ2) is 2.92. The van der Waals surface area contributed by atoms with E-state index in [1.165, 1.54) is 5.37 Å². The molecular formula is C7H9NOS. The van der Waals surface area contributed by atoms with E-state index in [0.29, 0.717) is 5.57 Å². The minimum absolute atomic E-state index is 0.0289. The van der Waals surface area contributed by atoms with Crippen molar-refractivity contribution in [2.24, 2.45) is 0 Å². The van der Waals surface area contributed by atoms with E-state index in [4.69, 9.17) is 0 Å². The fraction of sp³-hybridized carbons (Fsp3) is 0.429. The van der Waals surface area contributed by atoms with Crippen LogP contribution in [-0.4, -0.2) is 17.8 Å². The first-order valence-corrected chi connectivity index (χ1v) is 3.66. The van der Waals surface area contributed by atoms with Gasteiger partial charge in [-0.05, 0) is 13.3 Å². The highest BCUT2D eigenvalue weighted by molar-refractivity contribution is 7.79. The molecule has 0 saturated carbocycles. The molecule has 0 saturated heterocycles. The lowest BCUT2D eigenvalue weighted by Gasteiger charge is -2.14. The highest BCUT2D eigenvalue weighted by Crippen LogP contribution is 2.10. The van der Waals surface area contributed by atoms with Crippen LogP contribution in [0.15, 0.2) is 11.1 Å². The van der Waals surface area contributed by atoms with Gasteiger partial charge in [0.1, 0.15) is 0 Å². The third-order valence-corrected chi connectivity index (χ3v) is 1.84. The van der Waals surface area contributed by atoms with E-state index < -0.39 is 0 Å². The van der Waals surface area contributed by atoms with Gasteiger partial charge in [-0.1, -0.05) is 17.8 Å². The number of amides is 1. The zero-order valence-electron chi connectivity index (χ0n) is 5.81. The van der Waals surface area contributed by atoms with Gasteiger partial charge < -0.3 is 5.32 Å². The van der Waals surface area contributed by atoms with Crippen molar-refractivity contribution in [1.82, 2.24) is 5.32 Å². The largest absolute Gasteiger partial charge is 0.352 e.